The summed E-state index contributed by atoms with van der Waals surface area (Å²) in [6.45, 7) is -0.250. The maximum Gasteiger partial charge on any atom is 0.323 e. The van der Waals surface area contributed by atoms with E-state index in [-0.39, 0.29) is 18.5 Å². The van der Waals surface area contributed by atoms with Gasteiger partial charge in [-0.2, -0.15) is 0 Å². The minimum absolute atomic E-state index is 0.0345. The summed E-state index contributed by atoms with van der Waals surface area (Å²) >= 11 is 3.21. The van der Waals surface area contributed by atoms with Gasteiger partial charge in [0.1, 0.15) is 11.1 Å². The molecule has 1 N–H and O–H groups in total. The molecule has 0 radical (unpaired) electrons. The van der Waals surface area contributed by atoms with Crippen molar-refractivity contribution >= 4 is 27.8 Å². The predicted octanol–water partition coefficient (Wildman–Crippen LogP) is 2.31. The number of hydrogen-bond donors (Lipinski definition) is 1. The van der Waals surface area contributed by atoms with Crippen LogP contribution in [0.2, 0.25) is 0 Å². The van der Waals surface area contributed by atoms with Gasteiger partial charge in [-0.1, -0.05) is 12.8 Å². The third kappa shape index (κ3) is 3.53. The van der Waals surface area contributed by atoms with Gasteiger partial charge in [0.05, 0.1) is 5.56 Å². The van der Waals surface area contributed by atoms with Crippen LogP contribution in [-0.2, 0) is 4.79 Å². The molecule has 6 heteroatoms. The van der Waals surface area contributed by atoms with E-state index in [0.29, 0.717) is 10.2 Å². The molecule has 0 bridgehead atoms. The van der Waals surface area contributed by atoms with Crippen molar-refractivity contribution in [3.05, 3.63) is 28.5 Å². The normalized spacial score (nSPS) is 15.4. The van der Waals surface area contributed by atoms with Crippen LogP contribution in [0.5, 0.6) is 0 Å². The number of carbonyl (C=O) groups excluding carboxylic acids is 1. The largest absolute Gasteiger partial charge is 0.480 e. The van der Waals surface area contributed by atoms with Crippen molar-refractivity contribution in [3.8, 4) is 0 Å². The second kappa shape index (κ2) is 6.14. The summed E-state index contributed by atoms with van der Waals surface area (Å²) in [5.41, 5.74) is 0.427. The smallest absolute Gasteiger partial charge is 0.323 e. The van der Waals surface area contributed by atoms with E-state index in [9.17, 15) is 9.59 Å². The number of nitrogens with zero attached hydrogens (tertiary/aromatic N) is 2. The van der Waals surface area contributed by atoms with Crippen LogP contribution < -0.4 is 0 Å². The molecule has 1 heterocycles. The molecular weight excluding hydrogens is 312 g/mol. The van der Waals surface area contributed by atoms with E-state index in [1.807, 2.05) is 0 Å². The fraction of sp³-hybridized carbons (Fsp3) is 0.462. The van der Waals surface area contributed by atoms with E-state index in [1.54, 1.807) is 12.1 Å². The molecule has 0 aromatic carbocycles. The van der Waals surface area contributed by atoms with Gasteiger partial charge in [-0.25, -0.2) is 4.98 Å². The van der Waals surface area contributed by atoms with E-state index < -0.39 is 5.97 Å². The van der Waals surface area contributed by atoms with Gasteiger partial charge in [0, 0.05) is 12.2 Å². The lowest BCUT2D eigenvalue weighted by atomic mass is 10.1. The molecule has 0 unspecified atom stereocenters. The second-order valence-corrected chi connectivity index (χ2v) is 5.45. The highest BCUT2D eigenvalue weighted by Gasteiger charge is 2.29. The van der Waals surface area contributed by atoms with Crippen LogP contribution in [0.3, 0.4) is 0 Å². The van der Waals surface area contributed by atoms with Crippen molar-refractivity contribution in [2.24, 2.45) is 0 Å². The first-order chi connectivity index (χ1) is 9.08. The van der Waals surface area contributed by atoms with E-state index in [2.05, 4.69) is 20.9 Å². The van der Waals surface area contributed by atoms with Gasteiger partial charge in [0.25, 0.3) is 5.91 Å². The van der Waals surface area contributed by atoms with E-state index >= 15 is 0 Å². The number of rotatable bonds is 4. The molecule has 0 aliphatic heterocycles. The van der Waals surface area contributed by atoms with Gasteiger partial charge in [-0.05, 0) is 40.9 Å². The molecule has 1 aliphatic carbocycles. The molecule has 1 aliphatic rings. The highest BCUT2D eigenvalue weighted by Crippen LogP contribution is 2.24. The van der Waals surface area contributed by atoms with E-state index in [4.69, 9.17) is 5.11 Å². The van der Waals surface area contributed by atoms with Gasteiger partial charge in [0.2, 0.25) is 0 Å². The van der Waals surface area contributed by atoms with Gasteiger partial charge in [-0.3, -0.25) is 9.59 Å². The zero-order valence-corrected chi connectivity index (χ0v) is 12.0. The minimum atomic E-state index is -0.981. The summed E-state index contributed by atoms with van der Waals surface area (Å²) in [4.78, 5) is 28.8. The molecule has 1 fully saturated rings. The van der Waals surface area contributed by atoms with Crippen molar-refractivity contribution in [1.29, 1.82) is 0 Å². The standard InChI is InChI=1S/C13H15BrN2O3/c14-11-6-5-9(7-15-11)13(19)16(8-12(17)18)10-3-1-2-4-10/h5-7,10H,1-4,8H2,(H,17,18). The minimum Gasteiger partial charge on any atom is -0.480 e. The maximum atomic E-state index is 12.4. The quantitative estimate of drug-likeness (QED) is 0.862. The Morgan fingerprint density at radius 2 is 2.05 bits per heavy atom. The van der Waals surface area contributed by atoms with Crippen molar-refractivity contribution in [3.63, 3.8) is 0 Å². The fourth-order valence-corrected chi connectivity index (χ4v) is 2.63. The summed E-state index contributed by atoms with van der Waals surface area (Å²) in [6, 6.07) is 3.37. The monoisotopic (exact) mass is 326 g/mol. The molecule has 1 aromatic heterocycles. The van der Waals surface area contributed by atoms with Crippen LogP contribution in [0.4, 0.5) is 0 Å². The molecule has 0 saturated heterocycles. The van der Waals surface area contributed by atoms with Crippen molar-refractivity contribution < 1.29 is 14.7 Å². The molecule has 5 nitrogen and oxygen atoms in total. The summed E-state index contributed by atoms with van der Waals surface area (Å²) in [5.74, 6) is -1.24. The zero-order chi connectivity index (χ0) is 13.8. The number of hydrogen-bond acceptors (Lipinski definition) is 3. The fourth-order valence-electron chi connectivity index (χ4n) is 2.40. The Morgan fingerprint density at radius 3 is 2.58 bits per heavy atom. The summed E-state index contributed by atoms with van der Waals surface area (Å²) in [6.07, 6.45) is 5.32. The number of pyridine rings is 1. The number of aromatic nitrogens is 1. The van der Waals surface area contributed by atoms with Gasteiger partial charge in [-0.15, -0.1) is 0 Å². The van der Waals surface area contributed by atoms with Crippen LogP contribution in [0.15, 0.2) is 22.9 Å². The average molecular weight is 327 g/mol. The Labute approximate surface area is 119 Å². The van der Waals surface area contributed by atoms with Crippen molar-refractivity contribution in [1.82, 2.24) is 9.88 Å². The predicted molar refractivity (Wildman–Crippen MR) is 72.9 cm³/mol. The Kier molecular flexibility index (Phi) is 4.52. The van der Waals surface area contributed by atoms with Gasteiger partial charge in [0.15, 0.2) is 0 Å². The molecule has 2 rings (SSSR count). The van der Waals surface area contributed by atoms with Crippen LogP contribution in [0.25, 0.3) is 0 Å². The number of carboxylic acid groups (broad SMARTS) is 1. The lowest BCUT2D eigenvalue weighted by Gasteiger charge is -2.27. The molecular formula is C13H15BrN2O3. The maximum absolute atomic E-state index is 12.4. The Bertz CT molecular complexity index is 469. The first-order valence-electron chi connectivity index (χ1n) is 6.22. The number of aliphatic carboxylic acids is 1. The number of halogens is 1. The summed E-state index contributed by atoms with van der Waals surface area (Å²) in [5, 5.41) is 8.97. The molecule has 0 spiro atoms. The third-order valence-corrected chi connectivity index (χ3v) is 3.78. The van der Waals surface area contributed by atoms with Gasteiger partial charge < -0.3 is 10.0 Å². The van der Waals surface area contributed by atoms with Crippen molar-refractivity contribution in [2.45, 2.75) is 31.7 Å². The molecule has 0 atom stereocenters. The van der Waals surface area contributed by atoms with E-state index in [0.717, 1.165) is 25.7 Å². The van der Waals surface area contributed by atoms with Crippen LogP contribution in [0, 0.1) is 0 Å². The second-order valence-electron chi connectivity index (χ2n) is 4.63. The van der Waals surface area contributed by atoms with E-state index in [1.165, 1.54) is 11.1 Å². The molecule has 1 saturated carbocycles. The Hall–Kier alpha value is -1.43. The van der Waals surface area contributed by atoms with Gasteiger partial charge >= 0.3 is 5.97 Å². The molecule has 102 valence electrons. The molecule has 1 amide bonds. The topological polar surface area (TPSA) is 70.5 Å². The van der Waals surface area contributed by atoms with Crippen LogP contribution in [0.1, 0.15) is 36.0 Å². The first kappa shape index (κ1) is 14.0. The van der Waals surface area contributed by atoms with Crippen LogP contribution in [-0.4, -0.2) is 39.5 Å². The zero-order valence-electron chi connectivity index (χ0n) is 10.4. The molecule has 19 heavy (non-hydrogen) atoms. The number of carboxylic acids is 1. The summed E-state index contributed by atoms with van der Waals surface area (Å²) < 4.78 is 0.648. The molecule has 1 aromatic rings. The number of carbonyl (C=O) groups is 2. The highest BCUT2D eigenvalue weighted by atomic mass is 79.9. The van der Waals surface area contributed by atoms with Crippen molar-refractivity contribution in [2.75, 3.05) is 6.54 Å². The lowest BCUT2D eigenvalue weighted by molar-refractivity contribution is -0.138. The first-order valence-corrected chi connectivity index (χ1v) is 7.01. The highest BCUT2D eigenvalue weighted by molar-refractivity contribution is 9.10. The average Bonchev–Trinajstić information content (AvgIpc) is 2.89. The number of amides is 1. The Morgan fingerprint density at radius 1 is 1.37 bits per heavy atom. The lowest BCUT2D eigenvalue weighted by Crippen LogP contribution is -2.42. The SMILES string of the molecule is O=C(O)CN(C(=O)c1ccc(Br)nc1)C1CCCC1. The third-order valence-electron chi connectivity index (χ3n) is 3.31. The van der Waals surface area contributed by atoms with Crippen LogP contribution >= 0.6 is 15.9 Å². The summed E-state index contributed by atoms with van der Waals surface area (Å²) in [7, 11) is 0. The Balaban J connectivity index is 2.18.